The van der Waals surface area contributed by atoms with E-state index in [2.05, 4.69) is 20.5 Å². The average molecular weight is 419 g/mol. The second-order valence-electron chi connectivity index (χ2n) is 5.74. The van der Waals surface area contributed by atoms with E-state index in [0.29, 0.717) is 16.3 Å². The first-order valence-electron chi connectivity index (χ1n) is 7.83. The topological polar surface area (TPSA) is 31.2 Å². The first-order valence-corrected chi connectivity index (χ1v) is 9.00. The summed E-state index contributed by atoms with van der Waals surface area (Å²) in [5, 5.41) is 0.608. The van der Waals surface area contributed by atoms with E-state index < -0.39 is 0 Å². The average Bonchev–Trinajstić information content (AvgIpc) is 2.89. The monoisotopic (exact) mass is 417 g/mol. The quantitative estimate of drug-likeness (QED) is 0.492. The highest BCUT2D eigenvalue weighted by Crippen LogP contribution is 2.28. The third-order valence-electron chi connectivity index (χ3n) is 4.00. The number of nitrogens with zero attached hydrogens (tertiary/aromatic N) is 1. The molecule has 0 aliphatic heterocycles. The van der Waals surface area contributed by atoms with Gasteiger partial charge in [-0.1, -0.05) is 29.8 Å². The van der Waals surface area contributed by atoms with Crippen molar-refractivity contribution in [2.75, 3.05) is 6.61 Å². The highest BCUT2D eigenvalue weighted by Gasteiger charge is 2.17. The van der Waals surface area contributed by atoms with Gasteiger partial charge in [0.15, 0.2) is 6.61 Å². The summed E-state index contributed by atoms with van der Waals surface area (Å²) in [6, 6.07) is 17.1. The van der Waals surface area contributed by atoms with Crippen molar-refractivity contribution in [1.82, 2.24) is 4.57 Å². The minimum absolute atomic E-state index is 0.0285. The second kappa shape index (κ2) is 7.46. The predicted octanol–water partition coefficient (Wildman–Crippen LogP) is 5.77. The number of para-hydroxylation sites is 1. The SMILES string of the molecule is Cc1cc(C(=O)COc2ccc(Cl)cc2Br)c(C)n1-c1ccccc1. The Hall–Kier alpha value is -2.04. The van der Waals surface area contributed by atoms with Gasteiger partial charge < -0.3 is 9.30 Å². The highest BCUT2D eigenvalue weighted by molar-refractivity contribution is 9.10. The third-order valence-corrected chi connectivity index (χ3v) is 4.85. The molecule has 3 nitrogen and oxygen atoms in total. The van der Waals surface area contributed by atoms with E-state index in [1.165, 1.54) is 0 Å². The van der Waals surface area contributed by atoms with Gasteiger partial charge in [-0.2, -0.15) is 0 Å². The van der Waals surface area contributed by atoms with Crippen LogP contribution in [0.25, 0.3) is 5.69 Å². The molecule has 0 spiro atoms. The zero-order valence-electron chi connectivity index (χ0n) is 13.9. The van der Waals surface area contributed by atoms with E-state index in [-0.39, 0.29) is 12.4 Å². The third kappa shape index (κ3) is 3.80. The zero-order valence-corrected chi connectivity index (χ0v) is 16.3. The molecule has 0 unspecified atom stereocenters. The molecular weight excluding hydrogens is 402 g/mol. The minimum atomic E-state index is -0.0582. The van der Waals surface area contributed by atoms with Gasteiger partial charge in [0.2, 0.25) is 5.78 Å². The summed E-state index contributed by atoms with van der Waals surface area (Å²) in [5.41, 5.74) is 3.64. The molecule has 0 saturated carbocycles. The Balaban J connectivity index is 1.81. The van der Waals surface area contributed by atoms with Gasteiger partial charge >= 0.3 is 0 Å². The predicted molar refractivity (Wildman–Crippen MR) is 104 cm³/mol. The number of halogens is 2. The van der Waals surface area contributed by atoms with Crippen molar-refractivity contribution >= 4 is 33.3 Å². The van der Waals surface area contributed by atoms with Crippen molar-refractivity contribution in [3.63, 3.8) is 0 Å². The van der Waals surface area contributed by atoms with Crippen LogP contribution < -0.4 is 4.74 Å². The van der Waals surface area contributed by atoms with E-state index in [1.54, 1.807) is 18.2 Å². The molecule has 3 rings (SSSR count). The Bertz CT molecular complexity index is 919. The van der Waals surface area contributed by atoms with Crippen molar-refractivity contribution in [2.45, 2.75) is 13.8 Å². The number of ketones is 1. The number of carbonyl (C=O) groups excluding carboxylic acids is 1. The molecular formula is C20H17BrClNO2. The lowest BCUT2D eigenvalue weighted by Gasteiger charge is -2.10. The lowest BCUT2D eigenvalue weighted by molar-refractivity contribution is 0.0920. The Morgan fingerprint density at radius 3 is 2.52 bits per heavy atom. The van der Waals surface area contributed by atoms with Gasteiger partial charge in [-0.3, -0.25) is 4.79 Å². The molecule has 0 amide bonds. The Morgan fingerprint density at radius 2 is 1.84 bits per heavy atom. The number of carbonyl (C=O) groups is 1. The van der Waals surface area contributed by atoms with Crippen molar-refractivity contribution in [2.24, 2.45) is 0 Å². The summed E-state index contributed by atoms with van der Waals surface area (Å²) >= 11 is 9.31. The van der Waals surface area contributed by atoms with Crippen molar-refractivity contribution < 1.29 is 9.53 Å². The van der Waals surface area contributed by atoms with Crippen LogP contribution >= 0.6 is 27.5 Å². The molecule has 128 valence electrons. The van der Waals surface area contributed by atoms with Gasteiger partial charge in [0.25, 0.3) is 0 Å². The molecule has 0 saturated heterocycles. The maximum absolute atomic E-state index is 12.6. The fraction of sp³-hybridized carbons (Fsp3) is 0.150. The van der Waals surface area contributed by atoms with E-state index >= 15 is 0 Å². The number of Topliss-reactive ketones (excluding diaryl/α,β-unsaturated/α-hetero) is 1. The Labute approximate surface area is 160 Å². The molecule has 3 aromatic rings. The summed E-state index contributed by atoms with van der Waals surface area (Å²) < 4.78 is 8.45. The van der Waals surface area contributed by atoms with Crippen molar-refractivity contribution in [3.05, 3.63) is 81.0 Å². The van der Waals surface area contributed by atoms with Gasteiger partial charge in [-0.05, 0) is 66.2 Å². The molecule has 1 aromatic heterocycles. The van der Waals surface area contributed by atoms with Gasteiger partial charge in [0.1, 0.15) is 5.75 Å². The molecule has 0 bridgehead atoms. The van der Waals surface area contributed by atoms with Gasteiger partial charge in [-0.15, -0.1) is 0 Å². The number of benzene rings is 2. The van der Waals surface area contributed by atoms with E-state index in [9.17, 15) is 4.79 Å². The maximum Gasteiger partial charge on any atom is 0.202 e. The van der Waals surface area contributed by atoms with Crippen molar-refractivity contribution in [3.8, 4) is 11.4 Å². The van der Waals surface area contributed by atoms with Crippen LogP contribution in [0.3, 0.4) is 0 Å². The molecule has 5 heteroatoms. The number of hydrogen-bond donors (Lipinski definition) is 0. The van der Waals surface area contributed by atoms with E-state index in [0.717, 1.165) is 21.5 Å². The normalized spacial score (nSPS) is 10.7. The number of rotatable bonds is 5. The van der Waals surface area contributed by atoms with Gasteiger partial charge in [-0.25, -0.2) is 0 Å². The Kier molecular flexibility index (Phi) is 5.30. The van der Waals surface area contributed by atoms with Crippen LogP contribution in [-0.2, 0) is 0 Å². The van der Waals surface area contributed by atoms with Gasteiger partial charge in [0, 0.05) is 27.7 Å². The second-order valence-corrected chi connectivity index (χ2v) is 7.03. The summed E-state index contributed by atoms with van der Waals surface area (Å²) in [5.74, 6) is 0.534. The zero-order chi connectivity index (χ0) is 18.0. The van der Waals surface area contributed by atoms with Crippen LogP contribution in [0.2, 0.25) is 5.02 Å². The molecule has 0 aliphatic rings. The fourth-order valence-electron chi connectivity index (χ4n) is 2.83. The molecule has 1 heterocycles. The lowest BCUT2D eigenvalue weighted by Crippen LogP contribution is -2.13. The van der Waals surface area contributed by atoms with Crippen LogP contribution in [0.15, 0.2) is 59.1 Å². The Morgan fingerprint density at radius 1 is 1.12 bits per heavy atom. The van der Waals surface area contributed by atoms with Crippen LogP contribution in [0, 0.1) is 13.8 Å². The smallest absolute Gasteiger partial charge is 0.202 e. The number of aromatic nitrogens is 1. The summed E-state index contributed by atoms with van der Waals surface area (Å²) in [4.78, 5) is 12.6. The fourth-order valence-corrected chi connectivity index (χ4v) is 3.63. The minimum Gasteiger partial charge on any atom is -0.484 e. The maximum atomic E-state index is 12.6. The van der Waals surface area contributed by atoms with Crippen LogP contribution in [0.4, 0.5) is 0 Å². The van der Waals surface area contributed by atoms with Crippen LogP contribution in [0.5, 0.6) is 5.75 Å². The number of hydrogen-bond acceptors (Lipinski definition) is 2. The largest absolute Gasteiger partial charge is 0.484 e. The molecule has 0 aliphatic carbocycles. The number of aryl methyl sites for hydroxylation is 1. The van der Waals surface area contributed by atoms with Crippen LogP contribution in [-0.4, -0.2) is 17.0 Å². The van der Waals surface area contributed by atoms with E-state index in [4.69, 9.17) is 16.3 Å². The summed E-state index contributed by atoms with van der Waals surface area (Å²) in [7, 11) is 0. The molecule has 0 N–H and O–H groups in total. The molecule has 0 fully saturated rings. The molecule has 2 aromatic carbocycles. The highest BCUT2D eigenvalue weighted by atomic mass is 79.9. The van der Waals surface area contributed by atoms with Crippen molar-refractivity contribution in [1.29, 1.82) is 0 Å². The standard InChI is InChI=1S/C20H17BrClNO2/c1-13-10-17(14(2)23(13)16-6-4-3-5-7-16)19(24)12-25-20-9-8-15(22)11-18(20)21/h3-11H,12H2,1-2H3. The van der Waals surface area contributed by atoms with E-state index in [1.807, 2.05) is 50.2 Å². The first-order chi connectivity index (χ1) is 12.0. The lowest BCUT2D eigenvalue weighted by atomic mass is 10.1. The summed E-state index contributed by atoms with van der Waals surface area (Å²) in [6.45, 7) is 3.91. The molecule has 0 radical (unpaired) electrons. The summed E-state index contributed by atoms with van der Waals surface area (Å²) in [6.07, 6.45) is 0. The molecule has 0 atom stereocenters. The molecule has 25 heavy (non-hydrogen) atoms. The van der Waals surface area contributed by atoms with Gasteiger partial charge in [0.05, 0.1) is 4.47 Å². The van der Waals surface area contributed by atoms with Crippen LogP contribution in [0.1, 0.15) is 21.7 Å². The number of ether oxygens (including phenoxy) is 1. The first kappa shape index (κ1) is 17.8.